The van der Waals surface area contributed by atoms with E-state index in [0.29, 0.717) is 23.1 Å². The monoisotopic (exact) mass is 253 g/mol. The lowest BCUT2D eigenvalue weighted by Crippen LogP contribution is -2.20. The van der Waals surface area contributed by atoms with Gasteiger partial charge in [0.05, 0.1) is 23.6 Å². The molecule has 2 N–H and O–H groups in total. The molecule has 0 saturated carbocycles. The number of rotatable bonds is 1. The summed E-state index contributed by atoms with van der Waals surface area (Å²) in [6.45, 7) is 0.634. The van der Waals surface area contributed by atoms with E-state index in [9.17, 15) is 4.39 Å². The second kappa shape index (κ2) is 3.78. The molecule has 1 unspecified atom stereocenters. The molecule has 88 valence electrons. The van der Waals surface area contributed by atoms with Gasteiger partial charge in [0.2, 0.25) is 5.28 Å². The first-order valence-corrected chi connectivity index (χ1v) is 5.57. The number of hydrogen-bond acceptors (Lipinski definition) is 4. The van der Waals surface area contributed by atoms with Gasteiger partial charge in [0, 0.05) is 12.0 Å². The minimum absolute atomic E-state index is 0.0575. The van der Waals surface area contributed by atoms with Crippen LogP contribution in [0.4, 0.5) is 10.2 Å². The van der Waals surface area contributed by atoms with Gasteiger partial charge in [-0.15, -0.1) is 0 Å². The second-order valence-corrected chi connectivity index (χ2v) is 4.22. The van der Waals surface area contributed by atoms with E-state index in [4.69, 9.17) is 22.1 Å². The third kappa shape index (κ3) is 1.62. The summed E-state index contributed by atoms with van der Waals surface area (Å²) in [4.78, 5) is 7.89. The number of nitrogen functional groups attached to an aromatic ring is 1. The van der Waals surface area contributed by atoms with E-state index in [1.54, 1.807) is 0 Å². The molecule has 1 aromatic heterocycles. The van der Waals surface area contributed by atoms with Gasteiger partial charge in [-0.05, 0) is 23.7 Å². The topological polar surface area (TPSA) is 61.0 Å². The van der Waals surface area contributed by atoms with Gasteiger partial charge in [0.15, 0.2) is 0 Å². The number of ether oxygens (including phenoxy) is 1. The van der Waals surface area contributed by atoms with Crippen molar-refractivity contribution in [2.24, 2.45) is 0 Å². The smallest absolute Gasteiger partial charge is 0.224 e. The Balaban J connectivity index is 2.34. The van der Waals surface area contributed by atoms with Gasteiger partial charge in [0.25, 0.3) is 0 Å². The fraction of sp³-hybridized carbons (Fsp3) is 0.273. The zero-order valence-corrected chi connectivity index (χ0v) is 9.54. The Morgan fingerprint density at radius 2 is 2.18 bits per heavy atom. The summed E-state index contributed by atoms with van der Waals surface area (Å²) in [5.41, 5.74) is 6.76. The van der Waals surface area contributed by atoms with Crippen molar-refractivity contribution in [2.75, 3.05) is 12.3 Å². The lowest BCUT2D eigenvalue weighted by molar-refractivity contribution is -0.0536. The number of nitrogens with two attached hydrogens (primary N) is 1. The van der Waals surface area contributed by atoms with Crippen molar-refractivity contribution in [3.8, 4) is 0 Å². The van der Waals surface area contributed by atoms with Crippen LogP contribution in [0.3, 0.4) is 0 Å². The molecule has 0 aliphatic carbocycles. The molecule has 2 aromatic rings. The van der Waals surface area contributed by atoms with E-state index in [2.05, 4.69) is 9.97 Å². The minimum atomic E-state index is -0.347. The first kappa shape index (κ1) is 10.7. The standard InChI is InChI=1S/C11H9ClFN3O/c12-11-15-6-2-1-5(13)8(7-3-4-17-7)9(6)10(14)16-11/h1-2,7H,3-4H2,(H2,14,15,16). The van der Waals surface area contributed by atoms with Crippen LogP contribution in [0, 0.1) is 5.82 Å². The molecule has 0 bridgehead atoms. The summed E-state index contributed by atoms with van der Waals surface area (Å²) in [7, 11) is 0. The summed E-state index contributed by atoms with van der Waals surface area (Å²) in [6.07, 6.45) is 0.517. The highest BCUT2D eigenvalue weighted by atomic mass is 35.5. The maximum absolute atomic E-state index is 13.8. The van der Waals surface area contributed by atoms with Crippen LogP contribution in [-0.4, -0.2) is 16.6 Å². The van der Waals surface area contributed by atoms with Crippen molar-refractivity contribution in [3.05, 3.63) is 28.8 Å². The van der Waals surface area contributed by atoms with Crippen LogP contribution in [0.25, 0.3) is 10.9 Å². The van der Waals surface area contributed by atoms with Gasteiger partial charge in [-0.1, -0.05) is 0 Å². The van der Waals surface area contributed by atoms with Crippen LogP contribution < -0.4 is 5.73 Å². The van der Waals surface area contributed by atoms with Gasteiger partial charge in [0.1, 0.15) is 11.6 Å². The number of nitrogens with zero attached hydrogens (tertiary/aromatic N) is 2. The molecule has 0 spiro atoms. The molecule has 6 heteroatoms. The summed E-state index contributed by atoms with van der Waals surface area (Å²) < 4.78 is 19.2. The molecule has 0 radical (unpaired) electrons. The van der Waals surface area contributed by atoms with E-state index in [0.717, 1.165) is 6.42 Å². The highest BCUT2D eigenvalue weighted by molar-refractivity contribution is 6.28. The first-order chi connectivity index (χ1) is 8.16. The molecule has 1 aliphatic rings. The van der Waals surface area contributed by atoms with Gasteiger partial charge in [-0.25, -0.2) is 14.4 Å². The molecule has 1 fully saturated rings. The Morgan fingerprint density at radius 3 is 2.82 bits per heavy atom. The Bertz CT molecular complexity index is 601. The predicted molar refractivity (Wildman–Crippen MR) is 62.2 cm³/mol. The van der Waals surface area contributed by atoms with Crippen molar-refractivity contribution in [2.45, 2.75) is 12.5 Å². The van der Waals surface area contributed by atoms with Crippen molar-refractivity contribution in [1.82, 2.24) is 9.97 Å². The Labute approximate surface area is 102 Å². The third-order valence-corrected chi connectivity index (χ3v) is 3.04. The number of aromatic nitrogens is 2. The molecule has 1 aromatic carbocycles. The Morgan fingerprint density at radius 1 is 1.41 bits per heavy atom. The zero-order chi connectivity index (χ0) is 12.0. The number of fused-ring (bicyclic) bond motifs is 1. The highest BCUT2D eigenvalue weighted by Crippen LogP contribution is 2.37. The molecule has 1 aliphatic heterocycles. The van der Waals surface area contributed by atoms with Crippen LogP contribution >= 0.6 is 11.6 Å². The van der Waals surface area contributed by atoms with Crippen molar-refractivity contribution < 1.29 is 9.13 Å². The van der Waals surface area contributed by atoms with E-state index in [1.807, 2.05) is 0 Å². The molecule has 17 heavy (non-hydrogen) atoms. The summed E-state index contributed by atoms with van der Waals surface area (Å²) >= 11 is 5.72. The van der Waals surface area contributed by atoms with Crippen LogP contribution in [-0.2, 0) is 4.74 Å². The van der Waals surface area contributed by atoms with Crippen LogP contribution in [0.5, 0.6) is 0 Å². The summed E-state index contributed by atoms with van der Waals surface area (Å²) in [5, 5.41) is 0.557. The lowest BCUT2D eigenvalue weighted by atomic mass is 9.98. The average Bonchev–Trinajstić information content (AvgIpc) is 2.19. The van der Waals surface area contributed by atoms with Gasteiger partial charge >= 0.3 is 0 Å². The van der Waals surface area contributed by atoms with Crippen LogP contribution in [0.15, 0.2) is 12.1 Å². The molecule has 3 rings (SSSR count). The number of benzene rings is 1. The maximum atomic E-state index is 13.8. The highest BCUT2D eigenvalue weighted by Gasteiger charge is 2.27. The Hall–Kier alpha value is -1.46. The minimum Gasteiger partial charge on any atom is -0.383 e. The summed E-state index contributed by atoms with van der Waals surface area (Å²) in [5.74, 6) is -0.162. The van der Waals surface area contributed by atoms with Gasteiger partial charge < -0.3 is 10.5 Å². The third-order valence-electron chi connectivity index (χ3n) is 2.87. The largest absolute Gasteiger partial charge is 0.383 e. The molecule has 1 saturated heterocycles. The van der Waals surface area contributed by atoms with E-state index in [1.165, 1.54) is 12.1 Å². The fourth-order valence-corrected chi connectivity index (χ4v) is 2.18. The second-order valence-electron chi connectivity index (χ2n) is 3.88. The van der Waals surface area contributed by atoms with E-state index >= 15 is 0 Å². The number of anilines is 1. The number of hydrogen-bond donors (Lipinski definition) is 1. The first-order valence-electron chi connectivity index (χ1n) is 5.19. The Kier molecular flexibility index (Phi) is 2.38. The molecule has 1 atom stereocenters. The van der Waals surface area contributed by atoms with Gasteiger partial charge in [-0.2, -0.15) is 0 Å². The number of halogens is 2. The molecular weight excluding hydrogens is 245 g/mol. The SMILES string of the molecule is Nc1nc(Cl)nc2ccc(F)c(C3CCO3)c12. The van der Waals surface area contributed by atoms with E-state index < -0.39 is 0 Å². The average molecular weight is 254 g/mol. The summed E-state index contributed by atoms with van der Waals surface area (Å²) in [6, 6.07) is 2.89. The maximum Gasteiger partial charge on any atom is 0.224 e. The molecule has 4 nitrogen and oxygen atoms in total. The van der Waals surface area contributed by atoms with Crippen molar-refractivity contribution in [3.63, 3.8) is 0 Å². The van der Waals surface area contributed by atoms with Crippen molar-refractivity contribution >= 4 is 28.3 Å². The van der Waals surface area contributed by atoms with Crippen molar-refractivity contribution in [1.29, 1.82) is 0 Å². The zero-order valence-electron chi connectivity index (χ0n) is 8.78. The lowest BCUT2D eigenvalue weighted by Gasteiger charge is -2.28. The van der Waals surface area contributed by atoms with Gasteiger partial charge in [-0.3, -0.25) is 0 Å². The quantitative estimate of drug-likeness (QED) is 0.793. The normalized spacial score (nSPS) is 19.3. The molecule has 2 heterocycles. The van der Waals surface area contributed by atoms with Crippen LogP contribution in [0.2, 0.25) is 5.28 Å². The molecule has 0 amide bonds. The van der Waals surface area contributed by atoms with E-state index in [-0.39, 0.29) is 23.0 Å². The van der Waals surface area contributed by atoms with Crippen LogP contribution in [0.1, 0.15) is 18.1 Å². The fourth-order valence-electron chi connectivity index (χ4n) is 2.00. The predicted octanol–water partition coefficient (Wildman–Crippen LogP) is 2.47. The molecular formula is C11H9ClFN3O.